The zero-order valence-electron chi connectivity index (χ0n) is 23.2. The number of hydrogen-bond acceptors (Lipinski definition) is 6. The fraction of sp³-hybridized carbons (Fsp3) is 0.455. The fourth-order valence-corrected chi connectivity index (χ4v) is 10.3. The van der Waals surface area contributed by atoms with Gasteiger partial charge in [0.25, 0.3) is 0 Å². The Kier molecular flexibility index (Phi) is 4.29. The van der Waals surface area contributed by atoms with E-state index in [0.29, 0.717) is 6.17 Å². The molecule has 0 unspecified atom stereocenters. The van der Waals surface area contributed by atoms with Crippen LogP contribution in [0.3, 0.4) is 0 Å². The monoisotopic (exact) mass is 518 g/mol. The average Bonchev–Trinajstić information content (AvgIpc) is 3.76. The van der Waals surface area contributed by atoms with Crippen molar-refractivity contribution in [3.63, 3.8) is 0 Å². The molecule has 39 heavy (non-hydrogen) atoms. The summed E-state index contributed by atoms with van der Waals surface area (Å²) in [6.07, 6.45) is 4.32. The molecule has 3 aromatic carbocycles. The first-order valence-electron chi connectivity index (χ1n) is 14.8. The van der Waals surface area contributed by atoms with E-state index in [1.165, 1.54) is 46.6 Å². The number of nitrogens with zero attached hydrogens (tertiary/aromatic N) is 3. The highest BCUT2D eigenvalue weighted by molar-refractivity contribution is 5.78. The molecule has 3 aromatic rings. The fourth-order valence-electron chi connectivity index (χ4n) is 10.3. The summed E-state index contributed by atoms with van der Waals surface area (Å²) in [4.78, 5) is 7.70. The maximum Gasteiger partial charge on any atom is 0.0933 e. The van der Waals surface area contributed by atoms with Crippen molar-refractivity contribution in [2.45, 2.75) is 54.0 Å². The minimum Gasteiger partial charge on any atom is -0.369 e. The molecule has 3 saturated heterocycles. The van der Waals surface area contributed by atoms with Gasteiger partial charge in [0.15, 0.2) is 0 Å². The molecule has 9 rings (SSSR count). The lowest BCUT2D eigenvalue weighted by Gasteiger charge is -2.48. The molecule has 200 valence electrons. The van der Waals surface area contributed by atoms with E-state index in [-0.39, 0.29) is 28.6 Å². The van der Waals surface area contributed by atoms with Gasteiger partial charge in [0.1, 0.15) is 0 Å². The molecule has 6 heterocycles. The van der Waals surface area contributed by atoms with Gasteiger partial charge in [-0.25, -0.2) is 0 Å². The molecule has 6 aliphatic rings. The van der Waals surface area contributed by atoms with Crippen LogP contribution in [0.5, 0.6) is 0 Å². The Morgan fingerprint density at radius 2 is 1.05 bits per heavy atom. The molecular weight excluding hydrogens is 480 g/mol. The van der Waals surface area contributed by atoms with E-state index in [1.54, 1.807) is 5.56 Å². The van der Waals surface area contributed by atoms with Crippen LogP contribution in [-0.4, -0.2) is 74.0 Å². The third-order valence-electron chi connectivity index (χ3n) is 11.8. The van der Waals surface area contributed by atoms with E-state index in [0.717, 1.165) is 26.1 Å². The first-order valence-corrected chi connectivity index (χ1v) is 14.8. The Morgan fingerprint density at radius 3 is 1.82 bits per heavy atom. The van der Waals surface area contributed by atoms with E-state index in [2.05, 4.69) is 119 Å². The van der Waals surface area contributed by atoms with Crippen molar-refractivity contribution in [3.8, 4) is 0 Å². The van der Waals surface area contributed by atoms with Crippen molar-refractivity contribution < 1.29 is 0 Å². The number of likely N-dealkylation sites (N-methyl/N-ethyl adjacent to an activating group) is 3. The molecule has 6 heteroatoms. The summed E-state index contributed by atoms with van der Waals surface area (Å²) >= 11 is 0. The number of nitrogens with one attached hydrogen (secondary N) is 3. The van der Waals surface area contributed by atoms with Gasteiger partial charge in [-0.1, -0.05) is 54.6 Å². The van der Waals surface area contributed by atoms with Crippen LogP contribution in [0, 0.1) is 0 Å². The van der Waals surface area contributed by atoms with Crippen molar-refractivity contribution >= 4 is 17.1 Å². The third kappa shape index (κ3) is 2.39. The largest absolute Gasteiger partial charge is 0.369 e. The summed E-state index contributed by atoms with van der Waals surface area (Å²) in [6.45, 7) is 3.33. The topological polar surface area (TPSA) is 45.8 Å². The summed E-state index contributed by atoms with van der Waals surface area (Å²) in [7, 11) is 6.93. The van der Waals surface area contributed by atoms with Gasteiger partial charge in [0, 0.05) is 47.5 Å². The molecule has 6 atom stereocenters. The van der Waals surface area contributed by atoms with Crippen LogP contribution in [0.15, 0.2) is 66.7 Å². The summed E-state index contributed by atoms with van der Waals surface area (Å²) in [6, 6.07) is 25.5. The van der Waals surface area contributed by atoms with E-state index in [9.17, 15) is 0 Å². The number of para-hydroxylation sites is 3. The molecule has 6 aliphatic heterocycles. The van der Waals surface area contributed by atoms with Gasteiger partial charge in [-0.05, 0) is 74.8 Å². The number of anilines is 3. The smallest absolute Gasteiger partial charge is 0.0933 e. The van der Waals surface area contributed by atoms with Crippen LogP contribution < -0.4 is 16.0 Å². The van der Waals surface area contributed by atoms with Gasteiger partial charge in [0.05, 0.1) is 23.9 Å². The SMILES string of the molecule is CN1CC[C@]2(c3cccc4c3N[C@H]3N(C)CC[C@@]43[C@]34CCN(C)[C@H]3Nc3ccccc34)c3ccccc3N[C@H]12. The van der Waals surface area contributed by atoms with Crippen molar-refractivity contribution in [1.29, 1.82) is 0 Å². The maximum atomic E-state index is 4.25. The van der Waals surface area contributed by atoms with Gasteiger partial charge in [-0.15, -0.1) is 0 Å². The Bertz CT molecular complexity index is 1520. The number of fused-ring (bicyclic) bond motifs is 10. The van der Waals surface area contributed by atoms with Crippen molar-refractivity contribution in [2.75, 3.05) is 56.7 Å². The van der Waals surface area contributed by atoms with E-state index < -0.39 is 0 Å². The molecule has 0 saturated carbocycles. The number of likely N-dealkylation sites (tertiary alicyclic amines) is 3. The van der Waals surface area contributed by atoms with Crippen LogP contribution in [0.25, 0.3) is 0 Å². The zero-order valence-corrected chi connectivity index (χ0v) is 23.2. The van der Waals surface area contributed by atoms with Gasteiger partial charge < -0.3 is 16.0 Å². The summed E-state index contributed by atoms with van der Waals surface area (Å²) < 4.78 is 0. The van der Waals surface area contributed by atoms with E-state index in [1.807, 2.05) is 0 Å². The Balaban J connectivity index is 1.31. The van der Waals surface area contributed by atoms with Crippen LogP contribution >= 0.6 is 0 Å². The molecule has 0 radical (unpaired) electrons. The lowest BCUT2D eigenvalue weighted by Crippen LogP contribution is -2.60. The maximum absolute atomic E-state index is 4.25. The molecule has 0 spiro atoms. The first kappa shape index (κ1) is 22.7. The number of rotatable bonds is 2. The highest BCUT2D eigenvalue weighted by Gasteiger charge is 2.71. The normalized spacial score (nSPS) is 37.9. The average molecular weight is 519 g/mol. The second-order valence-corrected chi connectivity index (χ2v) is 13.1. The first-order chi connectivity index (χ1) is 19.0. The standard InChI is InChI=1S/C33H38N6/c1-37-18-15-31(21-9-4-6-13-25(21)34-28(31)37)23-11-8-12-24-27(23)36-30-33(24,17-20-39(30)3)32-16-19-38(2)29(32)35-26-14-7-5-10-22(26)32/h4-14,28-30,34-36H,15-20H2,1-3H3/t28-,29-,30+,31-,32+,33-/m1/s1. The summed E-state index contributed by atoms with van der Waals surface area (Å²) in [5.41, 5.74) is 9.96. The second kappa shape index (κ2) is 7.36. The Labute approximate surface area is 231 Å². The zero-order chi connectivity index (χ0) is 26.1. The van der Waals surface area contributed by atoms with Gasteiger partial charge >= 0.3 is 0 Å². The lowest BCUT2D eigenvalue weighted by molar-refractivity contribution is 0.147. The van der Waals surface area contributed by atoms with Crippen LogP contribution in [-0.2, 0) is 16.2 Å². The minimum absolute atomic E-state index is 0.00961. The van der Waals surface area contributed by atoms with E-state index in [4.69, 9.17) is 0 Å². The number of hydrogen-bond donors (Lipinski definition) is 3. The molecule has 3 fully saturated rings. The minimum atomic E-state index is -0.0581. The third-order valence-corrected chi connectivity index (χ3v) is 11.8. The van der Waals surface area contributed by atoms with Crippen molar-refractivity contribution in [1.82, 2.24) is 14.7 Å². The highest BCUT2D eigenvalue weighted by atomic mass is 15.4. The predicted octanol–water partition coefficient (Wildman–Crippen LogP) is 4.41. The molecule has 6 nitrogen and oxygen atoms in total. The number of benzene rings is 3. The van der Waals surface area contributed by atoms with Crippen molar-refractivity contribution in [3.05, 3.63) is 89.0 Å². The Morgan fingerprint density at radius 1 is 0.538 bits per heavy atom. The second-order valence-electron chi connectivity index (χ2n) is 13.1. The highest BCUT2D eigenvalue weighted by Crippen LogP contribution is 2.67. The van der Waals surface area contributed by atoms with E-state index >= 15 is 0 Å². The predicted molar refractivity (Wildman–Crippen MR) is 157 cm³/mol. The molecule has 0 aliphatic carbocycles. The quantitative estimate of drug-likeness (QED) is 0.467. The summed E-state index contributed by atoms with van der Waals surface area (Å²) in [5.74, 6) is 0. The molecule has 0 aromatic heterocycles. The van der Waals surface area contributed by atoms with Gasteiger partial charge in [-0.3, -0.25) is 14.7 Å². The molecule has 0 amide bonds. The van der Waals surface area contributed by atoms with Gasteiger partial charge in [-0.2, -0.15) is 0 Å². The molecular formula is C33H38N6. The van der Waals surface area contributed by atoms with Crippen molar-refractivity contribution in [2.24, 2.45) is 0 Å². The lowest BCUT2D eigenvalue weighted by atomic mass is 9.54. The van der Waals surface area contributed by atoms with Crippen LogP contribution in [0.1, 0.15) is 41.5 Å². The van der Waals surface area contributed by atoms with Crippen LogP contribution in [0.2, 0.25) is 0 Å². The Hall–Kier alpha value is -3.06. The molecule has 0 bridgehead atoms. The molecule has 3 N–H and O–H groups in total. The van der Waals surface area contributed by atoms with Crippen LogP contribution in [0.4, 0.5) is 17.1 Å². The van der Waals surface area contributed by atoms with Gasteiger partial charge in [0.2, 0.25) is 0 Å². The summed E-state index contributed by atoms with van der Waals surface area (Å²) in [5, 5.41) is 12.2.